The lowest BCUT2D eigenvalue weighted by molar-refractivity contribution is 0.420. The van der Waals surface area contributed by atoms with Crippen molar-refractivity contribution in [3.8, 4) is 0 Å². The van der Waals surface area contributed by atoms with Crippen molar-refractivity contribution in [2.45, 2.75) is 19.8 Å². The SMILES string of the molecule is CCCS(=O)(=O)NCCN(CCc1ccc(Cl)cc1)S(C)(=O)=O. The molecule has 0 radical (unpaired) electrons. The molecule has 0 heterocycles. The second kappa shape index (κ2) is 8.98. The lowest BCUT2D eigenvalue weighted by atomic mass is 10.1. The van der Waals surface area contributed by atoms with E-state index in [0.29, 0.717) is 17.9 Å². The summed E-state index contributed by atoms with van der Waals surface area (Å²) >= 11 is 5.81. The summed E-state index contributed by atoms with van der Waals surface area (Å²) in [6.07, 6.45) is 2.17. The predicted octanol–water partition coefficient (Wildman–Crippen LogP) is 1.47. The van der Waals surface area contributed by atoms with Crippen LogP contribution in [0.3, 0.4) is 0 Å². The Labute approximate surface area is 143 Å². The first-order valence-corrected chi connectivity index (χ1v) is 11.2. The van der Waals surface area contributed by atoms with Gasteiger partial charge >= 0.3 is 0 Å². The van der Waals surface area contributed by atoms with E-state index in [0.717, 1.165) is 11.8 Å². The molecule has 0 aliphatic carbocycles. The van der Waals surface area contributed by atoms with Crippen molar-refractivity contribution >= 4 is 31.6 Å². The molecule has 0 unspecified atom stereocenters. The number of nitrogens with one attached hydrogen (secondary N) is 1. The first-order chi connectivity index (χ1) is 10.6. The molecule has 0 bridgehead atoms. The quantitative estimate of drug-likeness (QED) is 0.664. The summed E-state index contributed by atoms with van der Waals surface area (Å²) in [6.45, 7) is 2.23. The number of benzene rings is 1. The van der Waals surface area contributed by atoms with Crippen LogP contribution in [0.1, 0.15) is 18.9 Å². The van der Waals surface area contributed by atoms with Gasteiger partial charge in [0, 0.05) is 24.7 Å². The number of rotatable bonds is 10. The molecule has 0 spiro atoms. The lowest BCUT2D eigenvalue weighted by Gasteiger charge is -2.20. The zero-order valence-corrected chi connectivity index (χ0v) is 15.7. The Morgan fingerprint density at radius 3 is 2.22 bits per heavy atom. The van der Waals surface area contributed by atoms with E-state index in [1.807, 2.05) is 12.1 Å². The highest BCUT2D eigenvalue weighted by atomic mass is 35.5. The molecule has 1 aromatic carbocycles. The molecule has 1 N–H and O–H groups in total. The van der Waals surface area contributed by atoms with Crippen LogP contribution in [-0.2, 0) is 26.5 Å². The van der Waals surface area contributed by atoms with Gasteiger partial charge in [0.1, 0.15) is 0 Å². The van der Waals surface area contributed by atoms with Gasteiger partial charge in [-0.25, -0.2) is 25.9 Å². The number of halogens is 1. The van der Waals surface area contributed by atoms with E-state index in [-0.39, 0.29) is 25.4 Å². The average Bonchev–Trinajstić information content (AvgIpc) is 2.43. The highest BCUT2D eigenvalue weighted by Crippen LogP contribution is 2.11. The molecule has 0 atom stereocenters. The summed E-state index contributed by atoms with van der Waals surface area (Å²) in [7, 11) is -6.73. The van der Waals surface area contributed by atoms with Gasteiger partial charge in [0.05, 0.1) is 12.0 Å². The normalized spacial score (nSPS) is 12.7. The minimum Gasteiger partial charge on any atom is -0.214 e. The molecule has 6 nitrogen and oxygen atoms in total. The van der Waals surface area contributed by atoms with Crippen molar-refractivity contribution in [3.05, 3.63) is 34.9 Å². The summed E-state index contributed by atoms with van der Waals surface area (Å²) in [5.74, 6) is 0.0383. The van der Waals surface area contributed by atoms with Gasteiger partial charge in [-0.15, -0.1) is 0 Å². The molecule has 0 amide bonds. The van der Waals surface area contributed by atoms with Gasteiger partial charge in [-0.1, -0.05) is 30.7 Å². The minimum absolute atomic E-state index is 0.0383. The number of nitrogens with zero attached hydrogens (tertiary/aromatic N) is 1. The lowest BCUT2D eigenvalue weighted by Crippen LogP contribution is -2.39. The molecule has 23 heavy (non-hydrogen) atoms. The van der Waals surface area contributed by atoms with Gasteiger partial charge in [-0.05, 0) is 30.5 Å². The van der Waals surface area contributed by atoms with Crippen molar-refractivity contribution < 1.29 is 16.8 Å². The van der Waals surface area contributed by atoms with Crippen molar-refractivity contribution in [2.24, 2.45) is 0 Å². The highest BCUT2D eigenvalue weighted by Gasteiger charge is 2.17. The van der Waals surface area contributed by atoms with Crippen LogP contribution in [0.2, 0.25) is 5.02 Å². The minimum atomic E-state index is -3.40. The van der Waals surface area contributed by atoms with Gasteiger partial charge in [0.2, 0.25) is 20.0 Å². The van der Waals surface area contributed by atoms with Crippen LogP contribution < -0.4 is 4.72 Å². The van der Waals surface area contributed by atoms with E-state index >= 15 is 0 Å². The Morgan fingerprint density at radius 2 is 1.70 bits per heavy atom. The molecule has 9 heteroatoms. The van der Waals surface area contributed by atoms with Gasteiger partial charge < -0.3 is 0 Å². The predicted molar refractivity (Wildman–Crippen MR) is 93.7 cm³/mol. The Kier molecular flexibility index (Phi) is 7.96. The smallest absolute Gasteiger partial charge is 0.211 e. The number of sulfonamides is 2. The van der Waals surface area contributed by atoms with Crippen LogP contribution in [0.25, 0.3) is 0 Å². The summed E-state index contributed by atoms with van der Waals surface area (Å²) in [5.41, 5.74) is 0.967. The Morgan fingerprint density at radius 1 is 1.09 bits per heavy atom. The maximum Gasteiger partial charge on any atom is 0.211 e. The third kappa shape index (κ3) is 8.12. The first-order valence-electron chi connectivity index (χ1n) is 7.31. The Balaban J connectivity index is 2.58. The molecule has 1 rings (SSSR count). The standard InChI is InChI=1S/C14H23ClN2O4S2/c1-3-12-23(20,21)16-9-11-17(22(2,18)19)10-8-13-4-6-14(15)7-5-13/h4-7,16H,3,8-12H2,1-2H3. The molecule has 0 fully saturated rings. The fourth-order valence-corrected chi connectivity index (χ4v) is 4.07. The number of hydrogen-bond acceptors (Lipinski definition) is 4. The number of hydrogen-bond donors (Lipinski definition) is 1. The highest BCUT2D eigenvalue weighted by molar-refractivity contribution is 7.89. The second-order valence-electron chi connectivity index (χ2n) is 5.25. The van der Waals surface area contributed by atoms with Gasteiger partial charge in [0.25, 0.3) is 0 Å². The van der Waals surface area contributed by atoms with E-state index in [4.69, 9.17) is 11.6 Å². The van der Waals surface area contributed by atoms with E-state index in [1.165, 1.54) is 4.31 Å². The van der Waals surface area contributed by atoms with E-state index in [2.05, 4.69) is 4.72 Å². The third-order valence-electron chi connectivity index (χ3n) is 3.19. The van der Waals surface area contributed by atoms with E-state index < -0.39 is 20.0 Å². The summed E-state index contributed by atoms with van der Waals surface area (Å²) in [6, 6.07) is 7.18. The van der Waals surface area contributed by atoms with Crippen molar-refractivity contribution in [1.82, 2.24) is 9.03 Å². The Hall–Kier alpha value is -0.670. The molecule has 0 aliphatic heterocycles. The zero-order chi connectivity index (χ0) is 17.5. The van der Waals surface area contributed by atoms with Gasteiger partial charge in [-0.2, -0.15) is 0 Å². The first kappa shape index (κ1) is 20.4. The fourth-order valence-electron chi connectivity index (χ4n) is 2.02. The van der Waals surface area contributed by atoms with E-state index in [1.54, 1.807) is 19.1 Å². The molecule has 0 saturated carbocycles. The maximum atomic E-state index is 11.8. The molecule has 0 aromatic heterocycles. The summed E-state index contributed by atoms with van der Waals surface area (Å²) in [5, 5.41) is 0.624. The van der Waals surface area contributed by atoms with Crippen LogP contribution in [0.5, 0.6) is 0 Å². The molecular formula is C14H23ClN2O4S2. The molecular weight excluding hydrogens is 360 g/mol. The van der Waals surface area contributed by atoms with E-state index in [9.17, 15) is 16.8 Å². The summed E-state index contributed by atoms with van der Waals surface area (Å²) < 4.78 is 50.5. The van der Waals surface area contributed by atoms with Gasteiger partial charge in [0.15, 0.2) is 0 Å². The van der Waals surface area contributed by atoms with Crippen LogP contribution in [0.4, 0.5) is 0 Å². The second-order valence-corrected chi connectivity index (χ2v) is 9.60. The van der Waals surface area contributed by atoms with Crippen LogP contribution >= 0.6 is 11.6 Å². The zero-order valence-electron chi connectivity index (χ0n) is 13.3. The maximum absolute atomic E-state index is 11.8. The molecule has 1 aromatic rings. The van der Waals surface area contributed by atoms with Crippen LogP contribution in [0, 0.1) is 0 Å². The molecule has 0 saturated heterocycles. The molecule has 132 valence electrons. The topological polar surface area (TPSA) is 83.6 Å². The largest absolute Gasteiger partial charge is 0.214 e. The van der Waals surface area contributed by atoms with Crippen molar-refractivity contribution in [1.29, 1.82) is 0 Å². The summed E-state index contributed by atoms with van der Waals surface area (Å²) in [4.78, 5) is 0. The molecule has 0 aliphatic rings. The van der Waals surface area contributed by atoms with Crippen molar-refractivity contribution in [2.75, 3.05) is 31.6 Å². The van der Waals surface area contributed by atoms with Crippen molar-refractivity contribution in [3.63, 3.8) is 0 Å². The van der Waals surface area contributed by atoms with Crippen LogP contribution in [0.15, 0.2) is 24.3 Å². The average molecular weight is 383 g/mol. The fraction of sp³-hybridized carbons (Fsp3) is 0.571. The van der Waals surface area contributed by atoms with Crippen LogP contribution in [-0.4, -0.2) is 52.8 Å². The van der Waals surface area contributed by atoms with Gasteiger partial charge in [-0.3, -0.25) is 0 Å². The third-order valence-corrected chi connectivity index (χ3v) is 6.33. The Bertz CT molecular complexity index is 688. The monoisotopic (exact) mass is 382 g/mol.